The molecule has 0 aliphatic heterocycles. The number of aliphatic imine (C=N–C) groups is 1. The summed E-state index contributed by atoms with van der Waals surface area (Å²) >= 11 is 0. The number of hydrogen-bond donors (Lipinski definition) is 2. The number of nitrogens with zero attached hydrogens (tertiary/aromatic N) is 3. The molecule has 126 valence electrons. The van der Waals surface area contributed by atoms with E-state index in [1.54, 1.807) is 0 Å². The minimum absolute atomic E-state index is 0. The lowest BCUT2D eigenvalue weighted by Crippen LogP contribution is -2.22. The number of nitrogens with one attached hydrogen (secondary N) is 1. The van der Waals surface area contributed by atoms with E-state index in [4.69, 9.17) is 10.3 Å². The van der Waals surface area contributed by atoms with Crippen LogP contribution >= 0.6 is 24.0 Å². The van der Waals surface area contributed by atoms with Crippen LogP contribution in [-0.4, -0.2) is 16.1 Å². The Morgan fingerprint density at radius 2 is 1.91 bits per heavy atom. The van der Waals surface area contributed by atoms with Gasteiger partial charge in [-0.05, 0) is 24.1 Å². The highest BCUT2D eigenvalue weighted by Gasteiger charge is 2.21. The summed E-state index contributed by atoms with van der Waals surface area (Å²) in [5, 5.41) is 6.95. The van der Waals surface area contributed by atoms with Gasteiger partial charge in [-0.25, -0.2) is 4.99 Å². The van der Waals surface area contributed by atoms with E-state index < -0.39 is 0 Å². The van der Waals surface area contributed by atoms with Crippen molar-refractivity contribution in [2.24, 2.45) is 10.7 Å². The highest BCUT2D eigenvalue weighted by atomic mass is 127. The molecule has 7 heteroatoms. The van der Waals surface area contributed by atoms with Gasteiger partial charge in [0.1, 0.15) is 6.54 Å². The van der Waals surface area contributed by atoms with Gasteiger partial charge in [-0.2, -0.15) is 4.98 Å². The fourth-order valence-corrected chi connectivity index (χ4v) is 1.79. The van der Waals surface area contributed by atoms with Crippen LogP contribution in [0.2, 0.25) is 0 Å². The maximum absolute atomic E-state index is 5.87. The molecule has 0 spiro atoms. The van der Waals surface area contributed by atoms with Gasteiger partial charge >= 0.3 is 0 Å². The van der Waals surface area contributed by atoms with Crippen LogP contribution in [0.25, 0.3) is 0 Å². The summed E-state index contributed by atoms with van der Waals surface area (Å²) in [7, 11) is 0. The number of guanidine groups is 1. The number of rotatable bonds is 4. The standard InChI is InChI=1S/C16H23N5O.HI/c1-5-11-6-8-12(9-7-11)19-15(17)18-10-13-20-14(22-21-13)16(2,3)4;/h6-9H,5,10H2,1-4H3,(H3,17,18,19);1H. The lowest BCUT2D eigenvalue weighted by molar-refractivity contribution is 0.318. The number of halogens is 1. The lowest BCUT2D eigenvalue weighted by Gasteiger charge is -2.10. The molecule has 1 heterocycles. The number of aromatic nitrogens is 2. The fourth-order valence-electron chi connectivity index (χ4n) is 1.79. The minimum Gasteiger partial charge on any atom is -0.370 e. The molecule has 0 bridgehead atoms. The van der Waals surface area contributed by atoms with Crippen LogP contribution < -0.4 is 11.1 Å². The zero-order valence-electron chi connectivity index (χ0n) is 14.0. The second-order valence-corrected chi connectivity index (χ2v) is 6.14. The highest BCUT2D eigenvalue weighted by molar-refractivity contribution is 14.0. The molecule has 0 aliphatic rings. The van der Waals surface area contributed by atoms with Crippen LogP contribution in [0, 0.1) is 0 Å². The number of anilines is 1. The van der Waals surface area contributed by atoms with Gasteiger partial charge in [0.25, 0.3) is 0 Å². The van der Waals surface area contributed by atoms with E-state index in [1.807, 2.05) is 32.9 Å². The van der Waals surface area contributed by atoms with E-state index in [1.165, 1.54) is 5.56 Å². The number of aryl methyl sites for hydroxylation is 1. The van der Waals surface area contributed by atoms with Gasteiger partial charge < -0.3 is 15.6 Å². The van der Waals surface area contributed by atoms with Crippen molar-refractivity contribution < 1.29 is 4.52 Å². The average Bonchev–Trinajstić information content (AvgIpc) is 2.95. The van der Waals surface area contributed by atoms with Crippen molar-refractivity contribution in [1.82, 2.24) is 10.1 Å². The highest BCUT2D eigenvalue weighted by Crippen LogP contribution is 2.19. The second-order valence-electron chi connectivity index (χ2n) is 6.14. The summed E-state index contributed by atoms with van der Waals surface area (Å²) < 4.78 is 5.21. The molecule has 2 aromatic rings. The Labute approximate surface area is 154 Å². The van der Waals surface area contributed by atoms with Crippen LogP contribution in [0.5, 0.6) is 0 Å². The molecule has 2 rings (SSSR count). The van der Waals surface area contributed by atoms with Gasteiger partial charge in [0, 0.05) is 11.1 Å². The van der Waals surface area contributed by atoms with Crippen LogP contribution in [0.15, 0.2) is 33.8 Å². The monoisotopic (exact) mass is 429 g/mol. The Hall–Kier alpha value is -1.64. The first-order valence-electron chi connectivity index (χ1n) is 7.37. The molecular weight excluding hydrogens is 405 g/mol. The van der Waals surface area contributed by atoms with E-state index in [0.29, 0.717) is 17.7 Å². The zero-order valence-corrected chi connectivity index (χ0v) is 16.3. The van der Waals surface area contributed by atoms with E-state index in [-0.39, 0.29) is 35.9 Å². The number of nitrogens with two attached hydrogens (primary N) is 1. The normalized spacial score (nSPS) is 11.9. The first-order chi connectivity index (χ1) is 10.4. The van der Waals surface area contributed by atoms with Gasteiger partial charge in [0.15, 0.2) is 11.8 Å². The van der Waals surface area contributed by atoms with Crippen molar-refractivity contribution in [3.8, 4) is 0 Å². The van der Waals surface area contributed by atoms with E-state index in [0.717, 1.165) is 12.1 Å². The third kappa shape index (κ3) is 5.81. The molecule has 3 N–H and O–H groups in total. The largest absolute Gasteiger partial charge is 0.370 e. The lowest BCUT2D eigenvalue weighted by atomic mass is 9.97. The number of benzene rings is 1. The topological polar surface area (TPSA) is 89.3 Å². The summed E-state index contributed by atoms with van der Waals surface area (Å²) in [5.74, 6) is 1.45. The van der Waals surface area contributed by atoms with Crippen LogP contribution in [0.1, 0.15) is 45.0 Å². The van der Waals surface area contributed by atoms with Gasteiger partial charge in [-0.1, -0.05) is 45.0 Å². The first-order valence-corrected chi connectivity index (χ1v) is 7.37. The molecule has 0 saturated carbocycles. The van der Waals surface area contributed by atoms with Crippen molar-refractivity contribution in [1.29, 1.82) is 0 Å². The Morgan fingerprint density at radius 3 is 2.43 bits per heavy atom. The molecule has 0 aliphatic carbocycles. The number of hydrogen-bond acceptors (Lipinski definition) is 4. The van der Waals surface area contributed by atoms with Gasteiger partial charge in [0.2, 0.25) is 5.89 Å². The summed E-state index contributed by atoms with van der Waals surface area (Å²) in [5.41, 5.74) is 7.89. The predicted octanol–water partition coefficient (Wildman–Crippen LogP) is 3.47. The molecule has 0 fully saturated rings. The third-order valence-electron chi connectivity index (χ3n) is 3.14. The molecule has 0 unspecified atom stereocenters. The van der Waals surface area contributed by atoms with E-state index in [2.05, 4.69) is 39.5 Å². The third-order valence-corrected chi connectivity index (χ3v) is 3.14. The molecule has 6 nitrogen and oxygen atoms in total. The van der Waals surface area contributed by atoms with Crippen molar-refractivity contribution >= 4 is 35.6 Å². The van der Waals surface area contributed by atoms with Gasteiger partial charge in [-0.15, -0.1) is 24.0 Å². The van der Waals surface area contributed by atoms with E-state index in [9.17, 15) is 0 Å². The van der Waals surface area contributed by atoms with Crippen LogP contribution in [0.4, 0.5) is 5.69 Å². The first kappa shape index (κ1) is 19.4. The summed E-state index contributed by atoms with van der Waals surface area (Å²) in [6.07, 6.45) is 1.01. The Kier molecular flexibility index (Phi) is 6.99. The zero-order chi connectivity index (χ0) is 16.2. The molecule has 1 aromatic heterocycles. The SMILES string of the molecule is CCc1ccc(NC(N)=NCc2noc(C(C)(C)C)n2)cc1.I. The molecule has 23 heavy (non-hydrogen) atoms. The molecule has 0 amide bonds. The fraction of sp³-hybridized carbons (Fsp3) is 0.438. The second kappa shape index (κ2) is 8.28. The maximum atomic E-state index is 5.87. The predicted molar refractivity (Wildman–Crippen MR) is 103 cm³/mol. The van der Waals surface area contributed by atoms with Crippen LogP contribution in [0.3, 0.4) is 0 Å². The molecule has 0 radical (unpaired) electrons. The molecule has 0 atom stereocenters. The smallest absolute Gasteiger partial charge is 0.232 e. The molecular formula is C16H24IN5O. The average molecular weight is 429 g/mol. The van der Waals surface area contributed by atoms with Crippen LogP contribution in [-0.2, 0) is 18.4 Å². The van der Waals surface area contributed by atoms with Gasteiger partial charge in [0.05, 0.1) is 0 Å². The van der Waals surface area contributed by atoms with E-state index >= 15 is 0 Å². The summed E-state index contributed by atoms with van der Waals surface area (Å²) in [6.45, 7) is 8.46. The molecule has 0 saturated heterocycles. The van der Waals surface area contributed by atoms with Crippen molar-refractivity contribution in [2.45, 2.75) is 46.1 Å². The Balaban J connectivity index is 0.00000264. The summed E-state index contributed by atoms with van der Waals surface area (Å²) in [6, 6.07) is 8.08. The minimum atomic E-state index is -0.167. The quantitative estimate of drug-likeness (QED) is 0.442. The van der Waals surface area contributed by atoms with Crippen molar-refractivity contribution in [2.75, 3.05) is 5.32 Å². The Bertz CT molecular complexity index is 643. The van der Waals surface area contributed by atoms with Crippen molar-refractivity contribution in [3.63, 3.8) is 0 Å². The van der Waals surface area contributed by atoms with Gasteiger partial charge in [-0.3, -0.25) is 0 Å². The maximum Gasteiger partial charge on any atom is 0.232 e. The summed E-state index contributed by atoms with van der Waals surface area (Å²) in [4.78, 5) is 8.54. The Morgan fingerprint density at radius 1 is 1.26 bits per heavy atom. The van der Waals surface area contributed by atoms with Crippen molar-refractivity contribution in [3.05, 3.63) is 41.5 Å². The molecule has 1 aromatic carbocycles.